The van der Waals surface area contributed by atoms with E-state index in [0.29, 0.717) is 0 Å². The van der Waals surface area contributed by atoms with Crippen molar-refractivity contribution in [1.82, 2.24) is 0 Å². The van der Waals surface area contributed by atoms with Gasteiger partial charge in [-0.3, -0.25) is 0 Å². The summed E-state index contributed by atoms with van der Waals surface area (Å²) < 4.78 is 5.22. The summed E-state index contributed by atoms with van der Waals surface area (Å²) in [6.45, 7) is 3.35. The number of nitrogens with one attached hydrogen (secondary N) is 1. The minimum Gasteiger partial charge on any atom is -0.497 e. The van der Waals surface area contributed by atoms with Gasteiger partial charge in [0.15, 0.2) is 0 Å². The average Bonchev–Trinajstić information content (AvgIpc) is 2.27. The van der Waals surface area contributed by atoms with Gasteiger partial charge >= 0.3 is 0 Å². The van der Waals surface area contributed by atoms with Crippen LogP contribution in [0.1, 0.15) is 18.9 Å². The third-order valence-corrected chi connectivity index (χ3v) is 2.98. The highest BCUT2D eigenvalue weighted by atomic mass is 16.5. The maximum Gasteiger partial charge on any atom is 0.119 e. The van der Waals surface area contributed by atoms with Crippen LogP contribution >= 0.6 is 0 Å². The standard InChI is InChI=1S/C12H17NO/c1-3-9-6-10-7-11(14-2)4-5-12(10)13-8-9/h4-5,7,9,13H,3,6,8H2,1-2H3/t9-/m1/s1. The van der Waals surface area contributed by atoms with Gasteiger partial charge in [0.25, 0.3) is 0 Å². The zero-order valence-corrected chi connectivity index (χ0v) is 8.84. The van der Waals surface area contributed by atoms with Gasteiger partial charge in [-0.25, -0.2) is 0 Å². The first-order valence-corrected chi connectivity index (χ1v) is 5.24. The summed E-state index contributed by atoms with van der Waals surface area (Å²) in [6, 6.07) is 6.27. The Kier molecular flexibility index (Phi) is 2.62. The summed E-state index contributed by atoms with van der Waals surface area (Å²) >= 11 is 0. The number of methoxy groups -OCH3 is 1. The molecule has 0 amide bonds. The Morgan fingerprint density at radius 2 is 2.36 bits per heavy atom. The fourth-order valence-corrected chi connectivity index (χ4v) is 1.96. The van der Waals surface area contributed by atoms with E-state index >= 15 is 0 Å². The van der Waals surface area contributed by atoms with Gasteiger partial charge in [0, 0.05) is 12.2 Å². The zero-order chi connectivity index (χ0) is 9.97. The molecular formula is C12H17NO. The van der Waals surface area contributed by atoms with Crippen molar-refractivity contribution in [2.75, 3.05) is 19.0 Å². The Balaban J connectivity index is 2.25. The van der Waals surface area contributed by atoms with Crippen molar-refractivity contribution in [3.8, 4) is 5.75 Å². The third-order valence-electron chi connectivity index (χ3n) is 2.98. The summed E-state index contributed by atoms with van der Waals surface area (Å²) in [4.78, 5) is 0. The largest absolute Gasteiger partial charge is 0.497 e. The molecule has 0 saturated carbocycles. The highest BCUT2D eigenvalue weighted by Gasteiger charge is 2.16. The number of rotatable bonds is 2. The van der Waals surface area contributed by atoms with Crippen molar-refractivity contribution < 1.29 is 4.74 Å². The lowest BCUT2D eigenvalue weighted by Gasteiger charge is -2.25. The molecule has 2 rings (SSSR count). The molecule has 1 N–H and O–H groups in total. The van der Waals surface area contributed by atoms with Crippen molar-refractivity contribution in [1.29, 1.82) is 0 Å². The van der Waals surface area contributed by atoms with Crippen LogP contribution < -0.4 is 10.1 Å². The van der Waals surface area contributed by atoms with Gasteiger partial charge in [-0.05, 0) is 36.1 Å². The van der Waals surface area contributed by atoms with Gasteiger partial charge in [-0.15, -0.1) is 0 Å². The molecular weight excluding hydrogens is 174 g/mol. The molecule has 0 spiro atoms. The number of hydrogen-bond donors (Lipinski definition) is 1. The Morgan fingerprint density at radius 3 is 3.07 bits per heavy atom. The number of ether oxygens (including phenoxy) is 1. The maximum absolute atomic E-state index is 5.22. The van der Waals surface area contributed by atoms with E-state index in [1.165, 1.54) is 24.1 Å². The number of fused-ring (bicyclic) bond motifs is 1. The van der Waals surface area contributed by atoms with Crippen LogP contribution in [0.15, 0.2) is 18.2 Å². The molecule has 0 radical (unpaired) electrons. The lowest BCUT2D eigenvalue weighted by molar-refractivity contribution is 0.413. The van der Waals surface area contributed by atoms with E-state index < -0.39 is 0 Å². The van der Waals surface area contributed by atoms with Crippen LogP contribution in [-0.2, 0) is 6.42 Å². The predicted octanol–water partition coefficient (Wildman–Crippen LogP) is 2.69. The molecule has 0 aliphatic carbocycles. The number of benzene rings is 1. The first-order chi connectivity index (χ1) is 6.83. The van der Waals surface area contributed by atoms with Crippen molar-refractivity contribution in [3.63, 3.8) is 0 Å². The lowest BCUT2D eigenvalue weighted by Crippen LogP contribution is -2.22. The molecule has 1 aliphatic heterocycles. The molecule has 0 unspecified atom stereocenters. The van der Waals surface area contributed by atoms with E-state index in [-0.39, 0.29) is 0 Å². The second-order valence-electron chi connectivity index (χ2n) is 3.88. The highest BCUT2D eigenvalue weighted by Crippen LogP contribution is 2.29. The molecule has 1 atom stereocenters. The van der Waals surface area contributed by atoms with Gasteiger partial charge in [-0.2, -0.15) is 0 Å². The first-order valence-electron chi connectivity index (χ1n) is 5.24. The highest BCUT2D eigenvalue weighted by molar-refractivity contribution is 5.56. The lowest BCUT2D eigenvalue weighted by atomic mass is 9.92. The topological polar surface area (TPSA) is 21.3 Å². The third kappa shape index (κ3) is 1.69. The van der Waals surface area contributed by atoms with Gasteiger partial charge in [0.05, 0.1) is 7.11 Å². The van der Waals surface area contributed by atoms with E-state index in [0.717, 1.165) is 18.2 Å². The average molecular weight is 191 g/mol. The van der Waals surface area contributed by atoms with E-state index in [1.807, 2.05) is 6.07 Å². The van der Waals surface area contributed by atoms with E-state index in [9.17, 15) is 0 Å². The van der Waals surface area contributed by atoms with Crippen LogP contribution in [0.25, 0.3) is 0 Å². The molecule has 0 aromatic heterocycles. The molecule has 1 aliphatic rings. The van der Waals surface area contributed by atoms with Crippen molar-refractivity contribution in [2.24, 2.45) is 5.92 Å². The van der Waals surface area contributed by atoms with E-state index in [4.69, 9.17) is 4.74 Å². The van der Waals surface area contributed by atoms with Gasteiger partial charge in [0.2, 0.25) is 0 Å². The quantitative estimate of drug-likeness (QED) is 0.776. The molecule has 2 nitrogen and oxygen atoms in total. The summed E-state index contributed by atoms with van der Waals surface area (Å²) in [5.74, 6) is 1.73. The van der Waals surface area contributed by atoms with Crippen LogP contribution in [0.4, 0.5) is 5.69 Å². The summed E-state index contributed by atoms with van der Waals surface area (Å²) in [7, 11) is 1.72. The Hall–Kier alpha value is -1.18. The monoisotopic (exact) mass is 191 g/mol. The van der Waals surface area contributed by atoms with Crippen LogP contribution in [0.3, 0.4) is 0 Å². The van der Waals surface area contributed by atoms with Gasteiger partial charge in [0.1, 0.15) is 5.75 Å². The molecule has 0 fully saturated rings. The first kappa shape index (κ1) is 9.38. The maximum atomic E-state index is 5.22. The van der Waals surface area contributed by atoms with Crippen molar-refractivity contribution >= 4 is 5.69 Å². The van der Waals surface area contributed by atoms with Gasteiger partial charge < -0.3 is 10.1 Å². The van der Waals surface area contributed by atoms with Crippen LogP contribution in [0.2, 0.25) is 0 Å². The van der Waals surface area contributed by atoms with Crippen LogP contribution in [-0.4, -0.2) is 13.7 Å². The number of hydrogen-bond acceptors (Lipinski definition) is 2. The fraction of sp³-hybridized carbons (Fsp3) is 0.500. The Labute approximate surface area is 85.3 Å². The second-order valence-corrected chi connectivity index (χ2v) is 3.88. The number of anilines is 1. The van der Waals surface area contributed by atoms with Gasteiger partial charge in [-0.1, -0.05) is 13.3 Å². The molecule has 76 valence electrons. The molecule has 1 aromatic rings. The Morgan fingerprint density at radius 1 is 1.50 bits per heavy atom. The molecule has 14 heavy (non-hydrogen) atoms. The summed E-state index contributed by atoms with van der Waals surface area (Å²) in [5.41, 5.74) is 2.66. The SMILES string of the molecule is CC[C@H]1CNc2ccc(OC)cc2C1. The summed E-state index contributed by atoms with van der Waals surface area (Å²) in [6.07, 6.45) is 2.42. The second kappa shape index (κ2) is 3.91. The van der Waals surface area contributed by atoms with E-state index in [2.05, 4.69) is 24.4 Å². The van der Waals surface area contributed by atoms with Crippen molar-refractivity contribution in [2.45, 2.75) is 19.8 Å². The van der Waals surface area contributed by atoms with Crippen LogP contribution in [0.5, 0.6) is 5.75 Å². The fourth-order valence-electron chi connectivity index (χ4n) is 1.96. The Bertz CT molecular complexity index is 322. The summed E-state index contributed by atoms with van der Waals surface area (Å²) in [5, 5.41) is 3.46. The van der Waals surface area contributed by atoms with Crippen LogP contribution in [0, 0.1) is 5.92 Å². The normalized spacial score (nSPS) is 19.7. The van der Waals surface area contributed by atoms with E-state index in [1.54, 1.807) is 7.11 Å². The minimum atomic E-state index is 0.773. The molecule has 1 aromatic carbocycles. The molecule has 2 heteroatoms. The molecule has 0 bridgehead atoms. The molecule has 0 saturated heterocycles. The minimum absolute atomic E-state index is 0.773. The molecule has 1 heterocycles. The predicted molar refractivity (Wildman–Crippen MR) is 59.0 cm³/mol. The zero-order valence-electron chi connectivity index (χ0n) is 8.84. The smallest absolute Gasteiger partial charge is 0.119 e. The van der Waals surface area contributed by atoms with Crippen molar-refractivity contribution in [3.05, 3.63) is 23.8 Å².